The number of carboxylic acid groups (broad SMARTS) is 2. The molecule has 0 bridgehead atoms. The van der Waals surface area contributed by atoms with E-state index in [0.717, 1.165) is 71.1 Å². The number of hydrogen-bond acceptors (Lipinski definition) is 10. The van der Waals surface area contributed by atoms with Crippen molar-refractivity contribution in [1.82, 2.24) is 0 Å². The largest absolute Gasteiger partial charge is 0.542 e. The van der Waals surface area contributed by atoms with Crippen LogP contribution in [0.25, 0.3) is 0 Å². The Labute approximate surface area is 387 Å². The predicted molar refractivity (Wildman–Crippen MR) is 236 cm³/mol. The van der Waals surface area contributed by atoms with Crippen molar-refractivity contribution in [2.75, 3.05) is 67.7 Å². The summed E-state index contributed by atoms with van der Waals surface area (Å²) < 4.78 is 74.3. The topological polar surface area (TPSA) is 173 Å². The van der Waals surface area contributed by atoms with Crippen molar-refractivity contribution < 1.29 is 84.4 Å². The minimum atomic E-state index is -5.19. The third kappa shape index (κ3) is 36.1. The molecule has 65 heavy (non-hydrogen) atoms. The smallest absolute Gasteiger partial charge is 0.430 e. The molecule has 0 aliphatic carbocycles. The average Bonchev–Trinajstić information content (AvgIpc) is 3.24. The number of nitrogens with zero attached hydrogens (tertiary/aromatic N) is 2. The first-order valence-electron chi connectivity index (χ1n) is 24.2. The van der Waals surface area contributed by atoms with Crippen molar-refractivity contribution >= 4 is 23.9 Å². The molecule has 0 aromatic heterocycles. The Bertz CT molecular complexity index is 1110. The van der Waals surface area contributed by atoms with Gasteiger partial charge in [-0.1, -0.05) is 142 Å². The number of carboxylic acids is 2. The van der Waals surface area contributed by atoms with Crippen molar-refractivity contribution in [1.29, 1.82) is 0 Å². The van der Waals surface area contributed by atoms with Gasteiger partial charge in [-0.3, -0.25) is 0 Å². The van der Waals surface area contributed by atoms with Crippen LogP contribution in [0, 0.1) is 0 Å². The number of hydrogen-bond donors (Lipinski definition) is 2. The Kier molecular flexibility index (Phi) is 41.4. The van der Waals surface area contributed by atoms with E-state index < -0.39 is 36.4 Å². The fraction of sp³-hybridized carbons (Fsp3) is 0.915. The van der Waals surface area contributed by atoms with Gasteiger partial charge in [-0.2, -0.15) is 26.3 Å². The molecular weight excluding hydrogens is 867 g/mol. The van der Waals surface area contributed by atoms with Gasteiger partial charge in [0.05, 0.1) is 54.5 Å². The van der Waals surface area contributed by atoms with Crippen LogP contribution in [-0.4, -0.2) is 135 Å². The molecule has 0 saturated carbocycles. The summed E-state index contributed by atoms with van der Waals surface area (Å²) in [4.78, 5) is 43.0. The summed E-state index contributed by atoms with van der Waals surface area (Å²) >= 11 is 0. The Balaban J connectivity index is -0.00000234. The molecule has 0 spiro atoms. The minimum Gasteiger partial charge on any atom is -0.542 e. The van der Waals surface area contributed by atoms with E-state index in [9.17, 15) is 46.1 Å². The highest BCUT2D eigenvalue weighted by molar-refractivity contribution is 5.75. The maximum atomic E-state index is 12.7. The van der Waals surface area contributed by atoms with E-state index >= 15 is 0 Å². The molecule has 388 valence electrons. The van der Waals surface area contributed by atoms with E-state index in [1.165, 1.54) is 143 Å². The number of carbonyl (C=O) groups is 4. The van der Waals surface area contributed by atoms with Crippen LogP contribution in [0.4, 0.5) is 26.3 Å². The minimum absolute atomic E-state index is 0.216. The number of aliphatic hydroxyl groups excluding tert-OH is 2. The molecule has 2 unspecified atom stereocenters. The number of aliphatic carboxylic acids is 2. The van der Waals surface area contributed by atoms with Gasteiger partial charge in [-0.05, 0) is 44.9 Å². The second-order valence-corrected chi connectivity index (χ2v) is 17.7. The highest BCUT2D eigenvalue weighted by atomic mass is 19.4. The highest BCUT2D eigenvalue weighted by Gasteiger charge is 2.40. The first-order valence-corrected chi connectivity index (χ1v) is 24.2. The van der Waals surface area contributed by atoms with Crippen molar-refractivity contribution in [2.45, 2.75) is 212 Å². The zero-order valence-corrected chi connectivity index (χ0v) is 40.8. The lowest BCUT2D eigenvalue weighted by molar-refractivity contribution is -0.928. The van der Waals surface area contributed by atoms with Gasteiger partial charge in [0.15, 0.2) is 0 Å². The van der Waals surface area contributed by atoms with Crippen molar-refractivity contribution in [3.05, 3.63) is 0 Å². The highest BCUT2D eigenvalue weighted by Crippen LogP contribution is 2.22. The summed E-state index contributed by atoms with van der Waals surface area (Å²) in [5.74, 6) is -6.69. The van der Waals surface area contributed by atoms with E-state index in [-0.39, 0.29) is 25.2 Å². The van der Waals surface area contributed by atoms with Crippen LogP contribution in [0.15, 0.2) is 0 Å². The maximum absolute atomic E-state index is 12.7. The van der Waals surface area contributed by atoms with Crippen LogP contribution in [-0.2, 0) is 28.7 Å². The number of rotatable bonds is 38. The molecule has 0 heterocycles. The third-order valence-corrected chi connectivity index (χ3v) is 12.1. The second kappa shape index (κ2) is 40.4. The Morgan fingerprint density at radius 1 is 0.431 bits per heavy atom. The first-order chi connectivity index (χ1) is 30.6. The van der Waals surface area contributed by atoms with Crippen molar-refractivity contribution in [3.63, 3.8) is 0 Å². The number of likely N-dealkylation sites (N-methyl/N-ethyl adjacent to an activating group) is 2. The molecule has 0 rings (SSSR count). The van der Waals surface area contributed by atoms with E-state index in [1.807, 2.05) is 0 Å². The number of aliphatic hydroxyl groups is 2. The molecular formula is C47H88F6N2O10. The van der Waals surface area contributed by atoms with Crippen LogP contribution in [0.5, 0.6) is 0 Å². The summed E-state index contributed by atoms with van der Waals surface area (Å²) in [5.41, 5.74) is 0. The van der Waals surface area contributed by atoms with Gasteiger partial charge in [0.2, 0.25) is 12.1 Å². The zero-order chi connectivity index (χ0) is 50.2. The lowest BCUT2D eigenvalue weighted by Gasteiger charge is -2.40. The number of quaternary nitrogens is 2. The molecule has 0 saturated heterocycles. The molecule has 0 aromatic carbocycles. The average molecular weight is 955 g/mol. The predicted octanol–water partition coefficient (Wildman–Crippen LogP) is 8.12. The zero-order valence-electron chi connectivity index (χ0n) is 40.8. The van der Waals surface area contributed by atoms with Crippen LogP contribution >= 0.6 is 0 Å². The Morgan fingerprint density at radius 2 is 0.600 bits per heavy atom. The summed E-state index contributed by atoms with van der Waals surface area (Å²) in [5, 5.41) is 38.1. The van der Waals surface area contributed by atoms with Gasteiger partial charge in [0.1, 0.15) is 25.2 Å². The molecule has 4 atom stereocenters. The quantitative estimate of drug-likeness (QED) is 0.0267. The summed E-state index contributed by atoms with van der Waals surface area (Å²) in [6, 6.07) is -1.15. The lowest BCUT2D eigenvalue weighted by atomic mass is 10.0. The number of methoxy groups -OCH3 is 2. The molecule has 0 aliphatic rings. The lowest BCUT2D eigenvalue weighted by Crippen LogP contribution is -2.59. The maximum Gasteiger partial charge on any atom is 0.430 e. The summed E-state index contributed by atoms with van der Waals surface area (Å²) in [7, 11) is 7.02. The first kappa shape index (κ1) is 66.6. The van der Waals surface area contributed by atoms with E-state index in [0.29, 0.717) is 8.97 Å². The fourth-order valence-electron chi connectivity index (χ4n) is 7.92. The molecule has 12 nitrogen and oxygen atoms in total. The van der Waals surface area contributed by atoms with Gasteiger partial charge < -0.3 is 48.5 Å². The monoisotopic (exact) mass is 955 g/mol. The number of halogens is 6. The van der Waals surface area contributed by atoms with Gasteiger partial charge in [0.25, 0.3) is 0 Å². The number of unbranched alkanes of at least 4 members (excludes halogenated alkanes) is 24. The van der Waals surface area contributed by atoms with Gasteiger partial charge in [0, 0.05) is 0 Å². The van der Waals surface area contributed by atoms with Crippen LogP contribution in [0.3, 0.4) is 0 Å². The number of carbonyl (C=O) groups excluding carboxylic acids is 4. The number of esters is 2. The Morgan fingerprint density at radius 3 is 0.754 bits per heavy atom. The van der Waals surface area contributed by atoms with Crippen molar-refractivity contribution in [3.8, 4) is 0 Å². The van der Waals surface area contributed by atoms with E-state index in [4.69, 9.17) is 29.3 Å². The Hall–Kier alpha value is -2.70. The second-order valence-electron chi connectivity index (χ2n) is 17.7. The van der Waals surface area contributed by atoms with Gasteiger partial charge in [-0.25, -0.2) is 9.59 Å². The molecule has 2 N–H and O–H groups in total. The molecule has 0 fully saturated rings. The molecule has 0 aromatic rings. The van der Waals surface area contributed by atoms with E-state index in [2.05, 4.69) is 27.9 Å². The number of ether oxygens (including phenoxy) is 2. The SMILES string of the molecule is CCCCCCCCCCCCCC[N+](C)(CCCCC[N+](C)(CCCCCCCCCCCCCC)[C@@H](CO)C(=O)OC)[C@@H](CO)C(=O)OC.O=C([O-])C(F)(F)F.O=C([O-])C(F)(F)F. The molecule has 18 heteroatoms. The van der Waals surface area contributed by atoms with Gasteiger partial charge in [-0.15, -0.1) is 0 Å². The fourth-order valence-corrected chi connectivity index (χ4v) is 7.92. The standard InChI is InChI=1S/C43H88N2O6.2C2HF3O2/c1-7-9-11-13-15-17-19-21-23-25-27-30-34-44(3,40(38-46)42(48)50-5)36-32-29-33-37-45(4,41(39-47)43(49)51-6)35-31-28-26-24-22-20-18-16-14-12-10-8-2;2*3-2(4,5)1(6)7/h40-41,46-47H,7-39H2,1-6H3;2*(H,6,7)/q+2;;/p-2/t40-,41-,44?,45?;;/m0../s1. The number of alkyl halides is 6. The molecule has 0 aliphatic heterocycles. The van der Waals surface area contributed by atoms with Crippen LogP contribution in [0.1, 0.15) is 187 Å². The van der Waals surface area contributed by atoms with Crippen LogP contribution in [0.2, 0.25) is 0 Å². The molecule has 0 radical (unpaired) electrons. The van der Waals surface area contributed by atoms with Crippen LogP contribution < -0.4 is 10.2 Å². The molecule has 0 amide bonds. The van der Waals surface area contributed by atoms with Gasteiger partial charge >= 0.3 is 24.3 Å². The van der Waals surface area contributed by atoms with Crippen molar-refractivity contribution in [2.24, 2.45) is 0 Å². The summed E-state index contributed by atoms with van der Waals surface area (Å²) in [6.45, 7) is 7.38. The third-order valence-electron chi connectivity index (χ3n) is 12.1. The van der Waals surface area contributed by atoms with E-state index in [1.54, 1.807) is 0 Å². The summed E-state index contributed by atoms with van der Waals surface area (Å²) in [6.07, 6.45) is 23.4. The normalized spacial score (nSPS) is 14.4.